The smallest absolute Gasteiger partial charge is 0.265 e. The molecule has 1 heterocycles. The van der Waals surface area contributed by atoms with Crippen molar-refractivity contribution in [1.82, 2.24) is 0 Å². The maximum Gasteiger partial charge on any atom is 0.265 e. The van der Waals surface area contributed by atoms with Crippen LogP contribution >= 0.6 is 0 Å². The Morgan fingerprint density at radius 3 is 2.68 bits per heavy atom. The van der Waals surface area contributed by atoms with E-state index in [0.717, 1.165) is 11.1 Å². The first-order valence-electron chi connectivity index (χ1n) is 8.10. The lowest BCUT2D eigenvalue weighted by molar-refractivity contribution is -0.121. The molecule has 0 aromatic heterocycles. The minimum Gasteiger partial charge on any atom is -0.482 e. The van der Waals surface area contributed by atoms with Gasteiger partial charge in [-0.3, -0.25) is 9.59 Å². The molecule has 0 atom stereocenters. The lowest BCUT2D eigenvalue weighted by Crippen LogP contribution is -2.38. The number of carbonyl (C=O) groups excluding carboxylic acids is 2. The summed E-state index contributed by atoms with van der Waals surface area (Å²) < 4.78 is 5.51. The molecule has 1 aliphatic rings. The highest BCUT2D eigenvalue weighted by molar-refractivity contribution is 6.02. The summed E-state index contributed by atoms with van der Waals surface area (Å²) in [6.45, 7) is 4.20. The molecule has 0 saturated carbocycles. The summed E-state index contributed by atoms with van der Waals surface area (Å²) in [7, 11) is 0. The van der Waals surface area contributed by atoms with E-state index in [-0.39, 0.29) is 18.4 Å². The van der Waals surface area contributed by atoms with Crippen LogP contribution in [0.1, 0.15) is 19.4 Å². The highest BCUT2D eigenvalue weighted by Gasteiger charge is 2.26. The zero-order valence-electron chi connectivity index (χ0n) is 14.3. The second-order valence-electron chi connectivity index (χ2n) is 6.15. The van der Waals surface area contributed by atoms with E-state index in [1.165, 1.54) is 6.08 Å². The second kappa shape index (κ2) is 7.21. The fourth-order valence-corrected chi connectivity index (χ4v) is 2.66. The van der Waals surface area contributed by atoms with Gasteiger partial charge in [0.1, 0.15) is 5.75 Å². The first-order valence-corrected chi connectivity index (χ1v) is 8.10. The first kappa shape index (κ1) is 16.8. The average molecular weight is 336 g/mol. The number of amides is 2. The van der Waals surface area contributed by atoms with Crippen LogP contribution in [0.2, 0.25) is 0 Å². The number of anilines is 2. The number of benzene rings is 2. The van der Waals surface area contributed by atoms with Gasteiger partial charge in [0.15, 0.2) is 6.61 Å². The minimum atomic E-state index is -0.197. The van der Waals surface area contributed by atoms with Crippen molar-refractivity contribution in [2.24, 2.45) is 0 Å². The van der Waals surface area contributed by atoms with Gasteiger partial charge in [0.2, 0.25) is 5.91 Å². The van der Waals surface area contributed by atoms with Crippen LogP contribution < -0.4 is 15.0 Å². The lowest BCUT2D eigenvalue weighted by Gasteiger charge is -2.30. The highest BCUT2D eigenvalue weighted by Crippen LogP contribution is 2.35. The number of nitrogens with one attached hydrogen (secondary N) is 1. The number of hydrogen-bond donors (Lipinski definition) is 1. The van der Waals surface area contributed by atoms with Crippen molar-refractivity contribution >= 4 is 23.2 Å². The molecule has 5 nitrogen and oxygen atoms in total. The average Bonchev–Trinajstić information content (AvgIpc) is 2.58. The number of nitrogens with zero attached hydrogens (tertiary/aromatic N) is 1. The first-order chi connectivity index (χ1) is 12.0. The van der Waals surface area contributed by atoms with Crippen molar-refractivity contribution in [3.05, 3.63) is 65.7 Å². The molecular formula is C20H20N2O3. The summed E-state index contributed by atoms with van der Waals surface area (Å²) in [6, 6.07) is 15.1. The van der Waals surface area contributed by atoms with Crippen LogP contribution in [0.15, 0.2) is 60.2 Å². The standard InChI is InChI=1S/C20H20N2O3/c1-14(2)10-19(23)21-16-8-9-18-17(11-16)22(20(24)13-25-18)12-15-6-4-3-5-7-15/h3-11H,12-13H2,1-2H3,(H,21,23). The van der Waals surface area contributed by atoms with Gasteiger partial charge >= 0.3 is 0 Å². The predicted octanol–water partition coefficient (Wildman–Crippen LogP) is 3.52. The summed E-state index contributed by atoms with van der Waals surface area (Å²) >= 11 is 0. The summed E-state index contributed by atoms with van der Waals surface area (Å²) in [5.74, 6) is 0.331. The summed E-state index contributed by atoms with van der Waals surface area (Å²) in [5.41, 5.74) is 3.23. The predicted molar refractivity (Wildman–Crippen MR) is 97.6 cm³/mol. The fourth-order valence-electron chi connectivity index (χ4n) is 2.66. The molecule has 0 radical (unpaired) electrons. The Hall–Kier alpha value is -3.08. The van der Waals surface area contributed by atoms with Crippen LogP contribution in [-0.4, -0.2) is 18.4 Å². The molecule has 0 aliphatic carbocycles. The van der Waals surface area contributed by atoms with Crippen molar-refractivity contribution in [3.8, 4) is 5.75 Å². The van der Waals surface area contributed by atoms with E-state index in [0.29, 0.717) is 23.7 Å². The third-order valence-corrected chi connectivity index (χ3v) is 3.77. The van der Waals surface area contributed by atoms with Gasteiger partial charge in [-0.15, -0.1) is 0 Å². The van der Waals surface area contributed by atoms with E-state index in [4.69, 9.17) is 4.74 Å². The normalized spacial score (nSPS) is 12.9. The van der Waals surface area contributed by atoms with Gasteiger partial charge in [0.25, 0.3) is 5.91 Å². The second-order valence-corrected chi connectivity index (χ2v) is 6.15. The SMILES string of the molecule is CC(C)=CC(=O)Nc1ccc2c(c1)N(Cc1ccccc1)C(=O)CO2. The Balaban J connectivity index is 1.88. The molecule has 128 valence electrons. The van der Waals surface area contributed by atoms with E-state index in [2.05, 4.69) is 5.32 Å². The van der Waals surface area contributed by atoms with Gasteiger partial charge in [-0.25, -0.2) is 0 Å². The molecule has 0 unspecified atom stereocenters. The van der Waals surface area contributed by atoms with Crippen LogP contribution in [-0.2, 0) is 16.1 Å². The zero-order valence-corrected chi connectivity index (χ0v) is 14.3. The Morgan fingerprint density at radius 1 is 1.20 bits per heavy atom. The van der Waals surface area contributed by atoms with Crippen LogP contribution in [0.25, 0.3) is 0 Å². The summed E-state index contributed by atoms with van der Waals surface area (Å²) in [6.07, 6.45) is 1.53. The number of carbonyl (C=O) groups is 2. The maximum absolute atomic E-state index is 12.3. The van der Waals surface area contributed by atoms with Crippen molar-refractivity contribution in [2.45, 2.75) is 20.4 Å². The van der Waals surface area contributed by atoms with E-state index in [9.17, 15) is 9.59 Å². The molecule has 1 N–H and O–H groups in total. The van der Waals surface area contributed by atoms with Crippen molar-refractivity contribution in [3.63, 3.8) is 0 Å². The molecule has 1 aliphatic heterocycles. The van der Waals surface area contributed by atoms with Gasteiger partial charge in [0, 0.05) is 11.8 Å². The van der Waals surface area contributed by atoms with Crippen molar-refractivity contribution < 1.29 is 14.3 Å². The number of ether oxygens (including phenoxy) is 1. The Kier molecular flexibility index (Phi) is 4.84. The molecule has 5 heteroatoms. The van der Waals surface area contributed by atoms with Gasteiger partial charge in [-0.2, -0.15) is 0 Å². The fraction of sp³-hybridized carbons (Fsp3) is 0.200. The molecule has 2 aromatic rings. The van der Waals surface area contributed by atoms with Gasteiger partial charge in [0.05, 0.1) is 12.2 Å². The zero-order chi connectivity index (χ0) is 17.8. The van der Waals surface area contributed by atoms with E-state index in [1.807, 2.05) is 44.2 Å². The van der Waals surface area contributed by atoms with Gasteiger partial charge < -0.3 is 15.0 Å². The van der Waals surface area contributed by atoms with Crippen LogP contribution in [0.5, 0.6) is 5.75 Å². The number of fused-ring (bicyclic) bond motifs is 1. The molecule has 25 heavy (non-hydrogen) atoms. The Labute approximate surface area is 146 Å². The molecule has 0 saturated heterocycles. The third kappa shape index (κ3) is 4.07. The Morgan fingerprint density at radius 2 is 1.96 bits per heavy atom. The molecule has 3 rings (SSSR count). The summed E-state index contributed by atoms with van der Waals surface area (Å²) in [4.78, 5) is 26.0. The van der Waals surface area contributed by atoms with Crippen LogP contribution in [0, 0.1) is 0 Å². The topological polar surface area (TPSA) is 58.6 Å². The molecule has 0 fully saturated rings. The maximum atomic E-state index is 12.3. The molecule has 2 amide bonds. The van der Waals surface area contributed by atoms with Crippen molar-refractivity contribution in [2.75, 3.05) is 16.8 Å². The highest BCUT2D eigenvalue weighted by atomic mass is 16.5. The molecule has 0 bridgehead atoms. The largest absolute Gasteiger partial charge is 0.482 e. The monoisotopic (exact) mass is 336 g/mol. The quantitative estimate of drug-likeness (QED) is 0.869. The molecule has 0 spiro atoms. The summed E-state index contributed by atoms with van der Waals surface area (Å²) in [5, 5.41) is 2.81. The van der Waals surface area contributed by atoms with Crippen LogP contribution in [0.4, 0.5) is 11.4 Å². The molecule has 2 aromatic carbocycles. The number of allylic oxidation sites excluding steroid dienone is 1. The van der Waals surface area contributed by atoms with Gasteiger partial charge in [-0.1, -0.05) is 35.9 Å². The molecular weight excluding hydrogens is 316 g/mol. The van der Waals surface area contributed by atoms with E-state index < -0.39 is 0 Å². The van der Waals surface area contributed by atoms with Crippen molar-refractivity contribution in [1.29, 1.82) is 0 Å². The number of rotatable bonds is 4. The Bertz CT molecular complexity index is 824. The third-order valence-electron chi connectivity index (χ3n) is 3.77. The lowest BCUT2D eigenvalue weighted by atomic mass is 10.1. The van der Waals surface area contributed by atoms with Crippen LogP contribution in [0.3, 0.4) is 0 Å². The van der Waals surface area contributed by atoms with Gasteiger partial charge in [-0.05, 0) is 37.6 Å². The van der Waals surface area contributed by atoms with E-state index in [1.54, 1.807) is 23.1 Å². The minimum absolute atomic E-state index is 0.0172. The number of hydrogen-bond acceptors (Lipinski definition) is 3. The van der Waals surface area contributed by atoms with E-state index >= 15 is 0 Å².